The number of benzene rings is 1. The predicted octanol–water partition coefficient (Wildman–Crippen LogP) is 1.34. The Morgan fingerprint density at radius 2 is 1.75 bits per heavy atom. The molecule has 0 spiro atoms. The lowest BCUT2D eigenvalue weighted by molar-refractivity contribution is -0.114. The number of rotatable bonds is 7. The summed E-state index contributed by atoms with van der Waals surface area (Å²) < 4.78 is 7.28. The van der Waals surface area contributed by atoms with Crippen molar-refractivity contribution in [3.05, 3.63) is 30.1 Å². The van der Waals surface area contributed by atoms with Crippen molar-refractivity contribution in [3.8, 4) is 0 Å². The van der Waals surface area contributed by atoms with Crippen LogP contribution in [0.2, 0.25) is 0 Å². The van der Waals surface area contributed by atoms with Gasteiger partial charge in [-0.3, -0.25) is 14.5 Å². The van der Waals surface area contributed by atoms with Crippen LogP contribution in [-0.4, -0.2) is 63.5 Å². The third kappa shape index (κ3) is 5.78. The quantitative estimate of drug-likeness (QED) is 0.672. The van der Waals surface area contributed by atoms with Crippen molar-refractivity contribution in [3.63, 3.8) is 0 Å². The SMILES string of the molecule is CC(=O)Nc1ccc(NC(=O)CSc2nnc(CN3CCOCC3)n2C)cc1. The summed E-state index contributed by atoms with van der Waals surface area (Å²) >= 11 is 1.35. The van der Waals surface area contributed by atoms with Gasteiger partial charge < -0.3 is 19.9 Å². The molecule has 0 radical (unpaired) electrons. The van der Waals surface area contributed by atoms with Crippen LogP contribution in [0.4, 0.5) is 11.4 Å². The number of hydrogen-bond acceptors (Lipinski definition) is 7. The van der Waals surface area contributed by atoms with Crippen LogP contribution in [0.15, 0.2) is 29.4 Å². The molecular formula is C18H24N6O3S. The molecule has 0 saturated carbocycles. The molecule has 1 aliphatic rings. The lowest BCUT2D eigenvalue weighted by Gasteiger charge is -2.25. The van der Waals surface area contributed by atoms with E-state index in [1.807, 2.05) is 11.6 Å². The molecule has 0 atom stereocenters. The first-order chi connectivity index (χ1) is 13.5. The molecule has 1 fully saturated rings. The van der Waals surface area contributed by atoms with Crippen LogP contribution in [-0.2, 0) is 27.9 Å². The van der Waals surface area contributed by atoms with Crippen molar-refractivity contribution in [2.45, 2.75) is 18.6 Å². The van der Waals surface area contributed by atoms with Crippen LogP contribution in [0.5, 0.6) is 0 Å². The Balaban J connectivity index is 1.48. The van der Waals surface area contributed by atoms with Crippen molar-refractivity contribution >= 4 is 35.0 Å². The summed E-state index contributed by atoms with van der Waals surface area (Å²) in [5, 5.41) is 14.7. The predicted molar refractivity (Wildman–Crippen MR) is 107 cm³/mol. The van der Waals surface area contributed by atoms with Crippen molar-refractivity contribution in [1.29, 1.82) is 0 Å². The van der Waals surface area contributed by atoms with E-state index < -0.39 is 0 Å². The monoisotopic (exact) mass is 404 g/mol. The van der Waals surface area contributed by atoms with E-state index in [0.717, 1.165) is 38.7 Å². The van der Waals surface area contributed by atoms with Gasteiger partial charge in [0.25, 0.3) is 0 Å². The first kappa shape index (κ1) is 20.3. The molecule has 2 heterocycles. The fraction of sp³-hybridized carbons (Fsp3) is 0.444. The van der Waals surface area contributed by atoms with Crippen LogP contribution < -0.4 is 10.6 Å². The van der Waals surface area contributed by atoms with E-state index in [0.29, 0.717) is 16.5 Å². The number of nitrogens with zero attached hydrogens (tertiary/aromatic N) is 4. The summed E-state index contributed by atoms with van der Waals surface area (Å²) in [6.45, 7) is 5.43. The summed E-state index contributed by atoms with van der Waals surface area (Å²) in [4.78, 5) is 25.5. The molecule has 9 nitrogen and oxygen atoms in total. The van der Waals surface area contributed by atoms with Gasteiger partial charge in [-0.1, -0.05) is 11.8 Å². The maximum absolute atomic E-state index is 12.2. The molecule has 10 heteroatoms. The molecule has 0 unspecified atom stereocenters. The molecule has 2 aromatic rings. The molecular weight excluding hydrogens is 380 g/mol. The summed E-state index contributed by atoms with van der Waals surface area (Å²) in [5.41, 5.74) is 1.36. The minimum absolute atomic E-state index is 0.130. The average Bonchev–Trinajstić information content (AvgIpc) is 3.02. The molecule has 1 aliphatic heterocycles. The molecule has 2 N–H and O–H groups in total. The molecule has 3 rings (SSSR count). The Morgan fingerprint density at radius 3 is 2.39 bits per heavy atom. The molecule has 150 valence electrons. The number of carbonyl (C=O) groups is 2. The van der Waals surface area contributed by atoms with Crippen molar-refractivity contribution in [2.75, 3.05) is 42.7 Å². The third-order valence-electron chi connectivity index (χ3n) is 4.22. The second-order valence-electron chi connectivity index (χ2n) is 6.44. The largest absolute Gasteiger partial charge is 0.379 e. The van der Waals surface area contributed by atoms with Gasteiger partial charge in [0.2, 0.25) is 11.8 Å². The molecule has 1 saturated heterocycles. The Labute approximate surface area is 167 Å². The number of nitrogens with one attached hydrogen (secondary N) is 2. The van der Waals surface area contributed by atoms with Gasteiger partial charge in [-0.05, 0) is 24.3 Å². The van der Waals surface area contributed by atoms with Gasteiger partial charge in [-0.2, -0.15) is 0 Å². The molecule has 0 aliphatic carbocycles. The second-order valence-corrected chi connectivity index (χ2v) is 7.38. The highest BCUT2D eigenvalue weighted by atomic mass is 32.2. The number of anilines is 2. The number of carbonyl (C=O) groups excluding carboxylic acids is 2. The summed E-state index contributed by atoms with van der Waals surface area (Å²) in [6.07, 6.45) is 0. The molecule has 2 amide bonds. The van der Waals surface area contributed by atoms with Crippen LogP contribution in [0, 0.1) is 0 Å². The van der Waals surface area contributed by atoms with Crippen LogP contribution in [0.3, 0.4) is 0 Å². The zero-order chi connectivity index (χ0) is 19.9. The lowest BCUT2D eigenvalue weighted by atomic mass is 10.3. The minimum atomic E-state index is -0.134. The van der Waals surface area contributed by atoms with E-state index in [4.69, 9.17) is 4.74 Å². The molecule has 28 heavy (non-hydrogen) atoms. The van der Waals surface area contributed by atoms with E-state index in [1.165, 1.54) is 18.7 Å². The fourth-order valence-corrected chi connectivity index (χ4v) is 3.46. The van der Waals surface area contributed by atoms with Gasteiger partial charge in [0.1, 0.15) is 5.82 Å². The number of amides is 2. The van der Waals surface area contributed by atoms with E-state index in [-0.39, 0.29) is 17.6 Å². The minimum Gasteiger partial charge on any atom is -0.379 e. The zero-order valence-corrected chi connectivity index (χ0v) is 16.8. The van der Waals surface area contributed by atoms with Gasteiger partial charge in [0, 0.05) is 38.4 Å². The van der Waals surface area contributed by atoms with Gasteiger partial charge in [0.05, 0.1) is 25.5 Å². The van der Waals surface area contributed by atoms with E-state index >= 15 is 0 Å². The van der Waals surface area contributed by atoms with Crippen molar-refractivity contribution < 1.29 is 14.3 Å². The van der Waals surface area contributed by atoms with Crippen LogP contribution >= 0.6 is 11.8 Å². The number of thioether (sulfide) groups is 1. The Kier molecular flexibility index (Phi) is 7.01. The van der Waals surface area contributed by atoms with Crippen molar-refractivity contribution in [1.82, 2.24) is 19.7 Å². The van der Waals surface area contributed by atoms with Gasteiger partial charge in [0.15, 0.2) is 5.16 Å². The highest BCUT2D eigenvalue weighted by molar-refractivity contribution is 7.99. The summed E-state index contributed by atoms with van der Waals surface area (Å²) in [7, 11) is 1.91. The van der Waals surface area contributed by atoms with E-state index in [9.17, 15) is 9.59 Å². The van der Waals surface area contributed by atoms with Gasteiger partial charge in [-0.25, -0.2) is 0 Å². The number of aromatic nitrogens is 3. The smallest absolute Gasteiger partial charge is 0.234 e. The highest BCUT2D eigenvalue weighted by Gasteiger charge is 2.16. The standard InChI is InChI=1S/C18H24N6O3S/c1-13(25)19-14-3-5-15(6-4-14)20-17(26)12-28-18-22-21-16(23(18)2)11-24-7-9-27-10-8-24/h3-6H,7-12H2,1-2H3,(H,19,25)(H,20,26). The topological polar surface area (TPSA) is 101 Å². The Hall–Kier alpha value is -2.43. The second kappa shape index (κ2) is 9.67. The van der Waals surface area contributed by atoms with Gasteiger partial charge in [-0.15, -0.1) is 10.2 Å². The fourth-order valence-electron chi connectivity index (χ4n) is 2.74. The number of morpholine rings is 1. The summed E-state index contributed by atoms with van der Waals surface area (Å²) in [6, 6.07) is 6.97. The van der Waals surface area contributed by atoms with Gasteiger partial charge >= 0.3 is 0 Å². The molecule has 1 aromatic carbocycles. The highest BCUT2D eigenvalue weighted by Crippen LogP contribution is 2.18. The number of hydrogen-bond donors (Lipinski definition) is 2. The molecule has 1 aromatic heterocycles. The maximum Gasteiger partial charge on any atom is 0.234 e. The molecule has 0 bridgehead atoms. The number of ether oxygens (including phenoxy) is 1. The Morgan fingerprint density at radius 1 is 1.11 bits per heavy atom. The van der Waals surface area contributed by atoms with Crippen molar-refractivity contribution in [2.24, 2.45) is 7.05 Å². The first-order valence-electron chi connectivity index (χ1n) is 9.00. The lowest BCUT2D eigenvalue weighted by Crippen LogP contribution is -2.36. The van der Waals surface area contributed by atoms with Crippen LogP contribution in [0.1, 0.15) is 12.7 Å². The third-order valence-corrected chi connectivity index (χ3v) is 5.24. The maximum atomic E-state index is 12.2. The Bertz CT molecular complexity index is 817. The first-order valence-corrected chi connectivity index (χ1v) is 9.98. The van der Waals surface area contributed by atoms with E-state index in [1.54, 1.807) is 24.3 Å². The van der Waals surface area contributed by atoms with Crippen LogP contribution in [0.25, 0.3) is 0 Å². The van der Waals surface area contributed by atoms with E-state index in [2.05, 4.69) is 25.7 Å². The summed E-state index contributed by atoms with van der Waals surface area (Å²) in [5.74, 6) is 0.843. The zero-order valence-electron chi connectivity index (χ0n) is 16.0. The normalized spacial score (nSPS) is 14.6. The average molecular weight is 404 g/mol.